The van der Waals surface area contributed by atoms with Crippen LogP contribution in [-0.2, 0) is 25.5 Å². The van der Waals surface area contributed by atoms with E-state index < -0.39 is 12.0 Å². The molecule has 2 rings (SSSR count). The summed E-state index contributed by atoms with van der Waals surface area (Å²) in [4.78, 5) is 35.1. The van der Waals surface area contributed by atoms with E-state index >= 15 is 0 Å². The molecule has 0 aliphatic heterocycles. The van der Waals surface area contributed by atoms with Crippen molar-refractivity contribution in [2.75, 3.05) is 19.0 Å². The molecule has 0 heterocycles. The zero-order valence-corrected chi connectivity index (χ0v) is 15.3. The van der Waals surface area contributed by atoms with Gasteiger partial charge in [0, 0.05) is 5.69 Å². The first-order chi connectivity index (χ1) is 12.9. The molecule has 2 amide bonds. The predicted molar refractivity (Wildman–Crippen MR) is 102 cm³/mol. The number of rotatable bonds is 7. The maximum atomic E-state index is 12.3. The Kier molecular flexibility index (Phi) is 7.08. The van der Waals surface area contributed by atoms with Gasteiger partial charge in [-0.1, -0.05) is 42.0 Å². The largest absolute Gasteiger partial charge is 0.468 e. The highest BCUT2D eigenvalue weighted by molar-refractivity contribution is 5.95. The first-order valence-corrected chi connectivity index (χ1v) is 8.44. The molecular formula is C20H23N3O4. The summed E-state index contributed by atoms with van der Waals surface area (Å²) in [5, 5.41) is 5.22. The van der Waals surface area contributed by atoms with Gasteiger partial charge in [-0.15, -0.1) is 0 Å². The standard InChI is InChI=1S/C20H23N3O4/c1-13-3-7-15(8-4-13)19(21)20(26)23-16-9-5-14(6-10-16)11-17(24)22-12-18(25)27-2/h3-10,19H,11-12,21H2,1-2H3,(H,22,24)(H,23,26). The van der Waals surface area contributed by atoms with Crippen LogP contribution >= 0.6 is 0 Å². The average molecular weight is 369 g/mol. The third-order valence-electron chi connectivity index (χ3n) is 3.96. The minimum absolute atomic E-state index is 0.119. The molecule has 0 fully saturated rings. The van der Waals surface area contributed by atoms with E-state index in [-0.39, 0.29) is 24.8 Å². The molecule has 0 aliphatic rings. The Morgan fingerprint density at radius 1 is 1.04 bits per heavy atom. The number of amides is 2. The van der Waals surface area contributed by atoms with Gasteiger partial charge in [0.2, 0.25) is 11.8 Å². The number of methoxy groups -OCH3 is 1. The number of nitrogens with two attached hydrogens (primary N) is 1. The fourth-order valence-corrected chi connectivity index (χ4v) is 2.34. The van der Waals surface area contributed by atoms with Crippen molar-refractivity contribution in [2.24, 2.45) is 5.73 Å². The fourth-order valence-electron chi connectivity index (χ4n) is 2.34. The summed E-state index contributed by atoms with van der Waals surface area (Å²) in [6.45, 7) is 1.80. The number of hydrogen-bond donors (Lipinski definition) is 3. The van der Waals surface area contributed by atoms with Gasteiger partial charge in [0.05, 0.1) is 13.5 Å². The van der Waals surface area contributed by atoms with Crippen molar-refractivity contribution in [2.45, 2.75) is 19.4 Å². The van der Waals surface area contributed by atoms with E-state index in [0.717, 1.165) is 16.7 Å². The van der Waals surface area contributed by atoms with E-state index in [2.05, 4.69) is 15.4 Å². The zero-order valence-electron chi connectivity index (χ0n) is 15.3. The van der Waals surface area contributed by atoms with Gasteiger partial charge in [-0.2, -0.15) is 0 Å². The lowest BCUT2D eigenvalue weighted by atomic mass is 10.1. The number of carbonyl (C=O) groups is 3. The summed E-state index contributed by atoms with van der Waals surface area (Å²) in [5.74, 6) is -1.12. The molecule has 142 valence electrons. The maximum Gasteiger partial charge on any atom is 0.325 e. The number of esters is 1. The van der Waals surface area contributed by atoms with Gasteiger partial charge in [-0.25, -0.2) is 0 Å². The molecule has 0 aliphatic carbocycles. The van der Waals surface area contributed by atoms with Crippen LogP contribution in [0.3, 0.4) is 0 Å². The van der Waals surface area contributed by atoms with Gasteiger partial charge < -0.3 is 21.1 Å². The number of nitrogens with one attached hydrogen (secondary N) is 2. The number of anilines is 1. The van der Waals surface area contributed by atoms with Crippen LogP contribution in [0.1, 0.15) is 22.7 Å². The lowest BCUT2D eigenvalue weighted by Crippen LogP contribution is -2.31. The smallest absolute Gasteiger partial charge is 0.325 e. The molecule has 0 aromatic heterocycles. The number of aryl methyl sites for hydroxylation is 1. The van der Waals surface area contributed by atoms with Crippen molar-refractivity contribution < 1.29 is 19.1 Å². The minimum atomic E-state index is -0.769. The average Bonchev–Trinajstić information content (AvgIpc) is 2.67. The van der Waals surface area contributed by atoms with Gasteiger partial charge in [0.15, 0.2) is 0 Å². The number of ether oxygens (including phenoxy) is 1. The molecule has 2 aromatic rings. The summed E-state index contributed by atoms with van der Waals surface area (Å²) < 4.78 is 4.46. The van der Waals surface area contributed by atoms with Crippen molar-refractivity contribution in [1.82, 2.24) is 5.32 Å². The molecule has 1 atom stereocenters. The Morgan fingerprint density at radius 3 is 2.26 bits per heavy atom. The van der Waals surface area contributed by atoms with Crippen LogP contribution in [0.2, 0.25) is 0 Å². The second-order valence-corrected chi connectivity index (χ2v) is 6.10. The van der Waals surface area contributed by atoms with E-state index in [1.807, 2.05) is 31.2 Å². The second-order valence-electron chi connectivity index (χ2n) is 6.10. The highest BCUT2D eigenvalue weighted by Crippen LogP contribution is 2.15. The molecule has 2 aromatic carbocycles. The second kappa shape index (κ2) is 9.49. The first-order valence-electron chi connectivity index (χ1n) is 8.44. The Morgan fingerprint density at radius 2 is 1.67 bits per heavy atom. The molecule has 7 heteroatoms. The van der Waals surface area contributed by atoms with Crippen LogP contribution < -0.4 is 16.4 Å². The van der Waals surface area contributed by atoms with Crippen LogP contribution in [0.5, 0.6) is 0 Å². The van der Waals surface area contributed by atoms with Crippen LogP contribution in [0.4, 0.5) is 5.69 Å². The van der Waals surface area contributed by atoms with E-state index in [0.29, 0.717) is 5.69 Å². The Balaban J connectivity index is 1.89. The van der Waals surface area contributed by atoms with E-state index in [1.54, 1.807) is 24.3 Å². The third kappa shape index (κ3) is 6.23. The minimum Gasteiger partial charge on any atom is -0.468 e. The van der Waals surface area contributed by atoms with Gasteiger partial charge >= 0.3 is 5.97 Å². The summed E-state index contributed by atoms with van der Waals surface area (Å²) >= 11 is 0. The van der Waals surface area contributed by atoms with Gasteiger partial charge in [0.1, 0.15) is 12.6 Å². The SMILES string of the molecule is COC(=O)CNC(=O)Cc1ccc(NC(=O)C(N)c2ccc(C)cc2)cc1. The number of hydrogen-bond acceptors (Lipinski definition) is 5. The fraction of sp³-hybridized carbons (Fsp3) is 0.250. The van der Waals surface area contributed by atoms with Crippen molar-refractivity contribution in [3.05, 3.63) is 65.2 Å². The number of benzene rings is 2. The van der Waals surface area contributed by atoms with Crippen LogP contribution in [-0.4, -0.2) is 31.4 Å². The van der Waals surface area contributed by atoms with Gasteiger partial charge in [-0.3, -0.25) is 14.4 Å². The van der Waals surface area contributed by atoms with Crippen LogP contribution in [0.25, 0.3) is 0 Å². The van der Waals surface area contributed by atoms with Crippen molar-refractivity contribution >= 4 is 23.5 Å². The Hall–Kier alpha value is -3.19. The van der Waals surface area contributed by atoms with Crippen molar-refractivity contribution in [1.29, 1.82) is 0 Å². The Bertz CT molecular complexity index is 801. The zero-order chi connectivity index (χ0) is 19.8. The van der Waals surface area contributed by atoms with E-state index in [1.165, 1.54) is 7.11 Å². The molecule has 0 bridgehead atoms. The highest BCUT2D eigenvalue weighted by Gasteiger charge is 2.15. The molecule has 0 spiro atoms. The van der Waals surface area contributed by atoms with Crippen LogP contribution in [0, 0.1) is 6.92 Å². The lowest BCUT2D eigenvalue weighted by molar-refractivity contribution is -0.141. The first kappa shape index (κ1) is 20.1. The highest BCUT2D eigenvalue weighted by atomic mass is 16.5. The third-order valence-corrected chi connectivity index (χ3v) is 3.96. The lowest BCUT2D eigenvalue weighted by Gasteiger charge is -2.13. The van der Waals surface area contributed by atoms with Crippen LogP contribution in [0.15, 0.2) is 48.5 Å². The van der Waals surface area contributed by atoms with E-state index in [4.69, 9.17) is 5.73 Å². The van der Waals surface area contributed by atoms with Gasteiger partial charge in [-0.05, 0) is 30.2 Å². The molecule has 0 saturated carbocycles. The summed E-state index contributed by atoms with van der Waals surface area (Å²) in [5.41, 5.74) is 9.16. The summed E-state index contributed by atoms with van der Waals surface area (Å²) in [6.07, 6.45) is 0.119. The molecule has 7 nitrogen and oxygen atoms in total. The molecule has 27 heavy (non-hydrogen) atoms. The predicted octanol–water partition coefficient (Wildman–Crippen LogP) is 1.47. The van der Waals surface area contributed by atoms with E-state index in [9.17, 15) is 14.4 Å². The monoisotopic (exact) mass is 369 g/mol. The summed E-state index contributed by atoms with van der Waals surface area (Å²) in [6, 6.07) is 13.5. The normalized spacial score (nSPS) is 11.4. The van der Waals surface area contributed by atoms with Crippen molar-refractivity contribution in [3.63, 3.8) is 0 Å². The molecule has 4 N–H and O–H groups in total. The molecule has 0 radical (unpaired) electrons. The Labute approximate surface area is 157 Å². The summed E-state index contributed by atoms with van der Waals surface area (Å²) in [7, 11) is 1.26. The van der Waals surface area contributed by atoms with Gasteiger partial charge in [0.25, 0.3) is 0 Å². The quantitative estimate of drug-likeness (QED) is 0.640. The topological polar surface area (TPSA) is 111 Å². The molecule has 0 saturated heterocycles. The number of carbonyl (C=O) groups excluding carboxylic acids is 3. The maximum absolute atomic E-state index is 12.3. The van der Waals surface area contributed by atoms with Crippen molar-refractivity contribution in [3.8, 4) is 0 Å². The molecular weight excluding hydrogens is 346 g/mol. The molecule has 1 unspecified atom stereocenters.